The molecule has 45 heavy (non-hydrogen) atoms. The number of nitrogens with zero attached hydrogens (tertiary/aromatic N) is 4. The van der Waals surface area contributed by atoms with Crippen molar-refractivity contribution in [3.05, 3.63) is 86.8 Å². The Kier molecular flexibility index (Phi) is 9.59. The second kappa shape index (κ2) is 12.4. The molecule has 0 aliphatic carbocycles. The van der Waals surface area contributed by atoms with Crippen molar-refractivity contribution in [3.8, 4) is 0 Å². The van der Waals surface area contributed by atoms with Crippen molar-refractivity contribution in [2.24, 2.45) is 0 Å². The van der Waals surface area contributed by atoms with E-state index in [0.29, 0.717) is 12.1 Å². The number of benzene rings is 2. The Balaban J connectivity index is 1.76. The fourth-order valence-corrected chi connectivity index (χ4v) is 5.92. The summed E-state index contributed by atoms with van der Waals surface area (Å²) in [5.41, 5.74) is -5.40. The normalized spacial score (nSPS) is 19.6. The van der Waals surface area contributed by atoms with Crippen LogP contribution in [0.3, 0.4) is 0 Å². The van der Waals surface area contributed by atoms with Crippen LogP contribution in [0.15, 0.2) is 47.3 Å². The summed E-state index contributed by atoms with van der Waals surface area (Å²) in [5.74, 6) is -1.53. The molecule has 1 aliphatic heterocycles. The van der Waals surface area contributed by atoms with Gasteiger partial charge in [0.1, 0.15) is 5.82 Å². The van der Waals surface area contributed by atoms with Crippen LogP contribution in [-0.2, 0) is 37.5 Å². The Morgan fingerprint density at radius 2 is 1.53 bits per heavy atom. The minimum Gasteiger partial charge on any atom is -0.349 e. The predicted molar refractivity (Wildman–Crippen MR) is 137 cm³/mol. The summed E-state index contributed by atoms with van der Waals surface area (Å²) in [4.78, 5) is 52.1. The molecule has 0 saturated carbocycles. The molecule has 1 saturated heterocycles. The average molecular weight is 694 g/mol. The lowest BCUT2D eigenvalue weighted by molar-refractivity contribution is -0.231. The van der Waals surface area contributed by atoms with Gasteiger partial charge < -0.3 is 29.0 Å². The molecule has 4 rings (SSSR count). The third-order valence-electron chi connectivity index (χ3n) is 6.60. The molecule has 0 unspecified atom stereocenters. The van der Waals surface area contributed by atoms with E-state index in [2.05, 4.69) is 5.10 Å². The van der Waals surface area contributed by atoms with E-state index in [9.17, 15) is 64.2 Å². The molecular formula is C23H23F7N4O9P2. The number of morpholine rings is 1. The van der Waals surface area contributed by atoms with Crippen molar-refractivity contribution in [2.75, 3.05) is 13.2 Å². The minimum absolute atomic E-state index is 0.0618. The van der Waals surface area contributed by atoms with Gasteiger partial charge in [0.05, 0.1) is 36.4 Å². The second-order valence-electron chi connectivity index (χ2n) is 9.75. The van der Waals surface area contributed by atoms with Crippen LogP contribution in [0.4, 0.5) is 30.7 Å². The van der Waals surface area contributed by atoms with Gasteiger partial charge in [0.15, 0.2) is 12.1 Å². The average Bonchev–Trinajstić information content (AvgIpc) is 3.25. The van der Waals surface area contributed by atoms with Crippen molar-refractivity contribution in [1.29, 1.82) is 0 Å². The molecule has 22 heteroatoms. The summed E-state index contributed by atoms with van der Waals surface area (Å²) >= 11 is 0. The predicted octanol–water partition coefficient (Wildman–Crippen LogP) is 3.78. The lowest BCUT2D eigenvalue weighted by Gasteiger charge is -2.41. The van der Waals surface area contributed by atoms with Crippen LogP contribution in [0.25, 0.3) is 0 Å². The first-order chi connectivity index (χ1) is 20.6. The molecule has 2 aromatic carbocycles. The topological polar surface area (TPSA) is 177 Å². The summed E-state index contributed by atoms with van der Waals surface area (Å²) in [7, 11) is -11.1. The summed E-state index contributed by atoms with van der Waals surface area (Å²) < 4.78 is 129. The smallest absolute Gasteiger partial charge is 0.349 e. The monoisotopic (exact) mass is 694 g/mol. The van der Waals surface area contributed by atoms with E-state index in [4.69, 9.17) is 9.47 Å². The molecular weight excluding hydrogens is 671 g/mol. The molecule has 1 aliphatic rings. The third kappa shape index (κ3) is 7.90. The maximum Gasteiger partial charge on any atom is 0.454 e. The summed E-state index contributed by atoms with van der Waals surface area (Å²) in [5, 5.41) is 3.40. The van der Waals surface area contributed by atoms with Gasteiger partial charge in [-0.15, -0.1) is 9.55 Å². The standard InChI is InChI=1S/C23H23F7N4O9P2/c1-12(14-8-15(22(25,26)27)10-16(9-14)23(28,29)30)43-20-19(13-2-4-17(24)5-3-13)32(6-7-42-20)11-18-31-34(45(39,40)41)21(35)33(18)44(36,37)38/h2-5,8-10,12,19-20H,6-7,11H2,1H3,(H2,36,37,38)(H2,39,40,41)/t12-,19+,20-/m0/s1. The molecule has 2 heterocycles. The van der Waals surface area contributed by atoms with E-state index in [1.807, 2.05) is 0 Å². The highest BCUT2D eigenvalue weighted by atomic mass is 31.2. The van der Waals surface area contributed by atoms with Crippen molar-refractivity contribution in [1.82, 2.24) is 18.8 Å². The molecule has 0 bridgehead atoms. The molecule has 248 valence electrons. The molecule has 0 radical (unpaired) electrons. The molecule has 1 fully saturated rings. The van der Waals surface area contributed by atoms with Gasteiger partial charge in [0.2, 0.25) is 0 Å². The number of aromatic nitrogens is 3. The molecule has 1 aromatic heterocycles. The fraction of sp³-hybridized carbons (Fsp3) is 0.391. The number of hydrogen-bond donors (Lipinski definition) is 4. The Morgan fingerprint density at radius 3 is 2.02 bits per heavy atom. The van der Waals surface area contributed by atoms with E-state index in [0.717, 1.165) is 19.1 Å². The molecule has 0 amide bonds. The summed E-state index contributed by atoms with van der Waals surface area (Å²) in [6.07, 6.45) is -13.3. The lowest BCUT2D eigenvalue weighted by Crippen LogP contribution is -2.46. The van der Waals surface area contributed by atoms with Crippen LogP contribution < -0.4 is 5.69 Å². The zero-order valence-corrected chi connectivity index (χ0v) is 24.3. The third-order valence-corrected chi connectivity index (χ3v) is 8.28. The van der Waals surface area contributed by atoms with E-state index in [1.165, 1.54) is 17.0 Å². The first-order valence-corrected chi connectivity index (χ1v) is 15.6. The summed E-state index contributed by atoms with van der Waals surface area (Å²) in [6, 6.07) is 4.06. The van der Waals surface area contributed by atoms with Gasteiger partial charge >= 0.3 is 33.5 Å². The van der Waals surface area contributed by atoms with E-state index in [1.54, 1.807) is 0 Å². The zero-order chi connectivity index (χ0) is 33.7. The lowest BCUT2D eigenvalue weighted by atomic mass is 10.0. The highest BCUT2D eigenvalue weighted by Crippen LogP contribution is 2.42. The second-order valence-corrected chi connectivity index (χ2v) is 12.6. The Bertz CT molecular complexity index is 1670. The Hall–Kier alpha value is -2.93. The fourth-order valence-electron chi connectivity index (χ4n) is 4.60. The quantitative estimate of drug-likeness (QED) is 0.199. The molecule has 3 aromatic rings. The number of halogens is 7. The van der Waals surface area contributed by atoms with Gasteiger partial charge in [0, 0.05) is 6.54 Å². The minimum atomic E-state index is -5.57. The molecule has 3 atom stereocenters. The SMILES string of the molecule is C[C@H](O[C@@H]1OCCN(Cc2nn(P(=O)(O)O)c(=O)n2P(=O)(O)O)[C@@H]1c1ccc(F)cc1)c1cc(C(F)(F)F)cc(C(F)(F)F)c1. The first-order valence-electron chi connectivity index (χ1n) is 12.5. The first kappa shape index (κ1) is 34.9. The van der Waals surface area contributed by atoms with Crippen LogP contribution in [0.5, 0.6) is 0 Å². The van der Waals surface area contributed by atoms with Crippen molar-refractivity contribution < 1.29 is 68.9 Å². The van der Waals surface area contributed by atoms with E-state index < -0.39 is 91.3 Å². The number of ether oxygens (including phenoxy) is 2. The molecule has 13 nitrogen and oxygen atoms in total. The van der Waals surface area contributed by atoms with Crippen molar-refractivity contribution >= 4 is 15.5 Å². The van der Waals surface area contributed by atoms with Crippen molar-refractivity contribution in [3.63, 3.8) is 0 Å². The van der Waals surface area contributed by atoms with Gasteiger partial charge in [-0.05, 0) is 48.4 Å². The number of rotatable bonds is 8. The van der Waals surface area contributed by atoms with Gasteiger partial charge in [0.25, 0.3) is 0 Å². The van der Waals surface area contributed by atoms with Gasteiger partial charge in [-0.25, -0.2) is 18.3 Å². The molecule has 0 spiro atoms. The largest absolute Gasteiger partial charge is 0.454 e. The maximum atomic E-state index is 13.8. The van der Waals surface area contributed by atoms with Crippen LogP contribution >= 0.6 is 15.5 Å². The highest BCUT2D eigenvalue weighted by Gasteiger charge is 2.41. The van der Waals surface area contributed by atoms with Gasteiger partial charge in [-0.1, -0.05) is 12.1 Å². The van der Waals surface area contributed by atoms with Crippen molar-refractivity contribution in [2.45, 2.75) is 44.3 Å². The van der Waals surface area contributed by atoms with E-state index >= 15 is 0 Å². The van der Waals surface area contributed by atoms with Crippen LogP contribution in [-0.4, -0.2) is 57.8 Å². The highest BCUT2D eigenvalue weighted by molar-refractivity contribution is 7.50. The molecule has 4 N–H and O–H groups in total. The van der Waals surface area contributed by atoms with Gasteiger partial charge in [-0.2, -0.15) is 30.7 Å². The summed E-state index contributed by atoms with van der Waals surface area (Å²) in [6.45, 7) is 0.0165. The van der Waals surface area contributed by atoms with E-state index in [-0.39, 0.29) is 29.1 Å². The van der Waals surface area contributed by atoms with Crippen LogP contribution in [0.2, 0.25) is 0 Å². The Morgan fingerprint density at radius 1 is 0.978 bits per heavy atom. The van der Waals surface area contributed by atoms with Gasteiger partial charge in [-0.3, -0.25) is 4.90 Å². The maximum absolute atomic E-state index is 13.8. The van der Waals surface area contributed by atoms with Crippen LogP contribution in [0.1, 0.15) is 47.1 Å². The number of hydrogen-bond acceptors (Lipinski definition) is 7. The number of alkyl halides is 6. The van der Waals surface area contributed by atoms with Crippen LogP contribution in [0, 0.1) is 5.82 Å². The Labute approximate surface area is 247 Å². The zero-order valence-electron chi connectivity index (χ0n) is 22.6.